The molecule has 1 fully saturated rings. The van der Waals surface area contributed by atoms with Crippen LogP contribution in [0.1, 0.15) is 25.3 Å². The van der Waals surface area contributed by atoms with E-state index in [0.717, 1.165) is 19.0 Å². The van der Waals surface area contributed by atoms with Gasteiger partial charge in [-0.2, -0.15) is 5.26 Å². The van der Waals surface area contributed by atoms with Gasteiger partial charge in [-0.05, 0) is 37.4 Å². The van der Waals surface area contributed by atoms with Crippen LogP contribution in [0.5, 0.6) is 0 Å². The largest absolute Gasteiger partial charge is 0.319 e. The van der Waals surface area contributed by atoms with Crippen LogP contribution in [0, 0.1) is 27.4 Å². The summed E-state index contributed by atoms with van der Waals surface area (Å²) in [4.78, 5) is 22.6. The Morgan fingerprint density at radius 3 is 2.95 bits per heavy atom. The minimum absolute atomic E-state index is 0.115. The summed E-state index contributed by atoms with van der Waals surface area (Å²) in [7, 11) is 0. The molecule has 110 valence electrons. The molecule has 1 heterocycles. The third-order valence-corrected chi connectivity index (χ3v) is 3.56. The van der Waals surface area contributed by atoms with Gasteiger partial charge in [-0.15, -0.1) is 0 Å². The van der Waals surface area contributed by atoms with Crippen LogP contribution < -0.4 is 10.6 Å². The first-order valence-corrected chi connectivity index (χ1v) is 6.74. The monoisotopic (exact) mass is 288 g/mol. The molecule has 2 N–H and O–H groups in total. The molecule has 2 atom stereocenters. The van der Waals surface area contributed by atoms with Crippen molar-refractivity contribution < 1.29 is 9.72 Å². The Hall–Kier alpha value is -2.46. The van der Waals surface area contributed by atoms with Gasteiger partial charge in [0.05, 0.1) is 22.6 Å². The zero-order chi connectivity index (χ0) is 15.4. The lowest BCUT2D eigenvalue weighted by Crippen LogP contribution is -2.45. The van der Waals surface area contributed by atoms with Crippen molar-refractivity contribution in [2.45, 2.75) is 25.8 Å². The number of nitriles is 1. The predicted octanol–water partition coefficient (Wildman–Crippen LogP) is 1.79. The van der Waals surface area contributed by atoms with Crippen LogP contribution in [-0.4, -0.2) is 23.4 Å². The van der Waals surface area contributed by atoms with Crippen LogP contribution in [0.15, 0.2) is 18.2 Å². The SMILES string of the molecule is CC1CCNC(C(=O)Nc2ccc(C#N)cc2[N+](=O)[O-])C1. The third-order valence-electron chi connectivity index (χ3n) is 3.56. The number of hydrogen-bond donors (Lipinski definition) is 2. The fraction of sp³-hybridized carbons (Fsp3) is 0.429. The second kappa shape index (κ2) is 6.33. The average Bonchev–Trinajstić information content (AvgIpc) is 2.47. The van der Waals surface area contributed by atoms with Crippen LogP contribution in [-0.2, 0) is 4.79 Å². The Balaban J connectivity index is 2.17. The van der Waals surface area contributed by atoms with Gasteiger partial charge >= 0.3 is 0 Å². The second-order valence-electron chi connectivity index (χ2n) is 5.23. The number of nitrogens with one attached hydrogen (secondary N) is 2. The molecule has 1 saturated heterocycles. The Morgan fingerprint density at radius 2 is 2.33 bits per heavy atom. The predicted molar refractivity (Wildman–Crippen MR) is 76.6 cm³/mol. The molecule has 21 heavy (non-hydrogen) atoms. The van der Waals surface area contributed by atoms with Crippen LogP contribution >= 0.6 is 0 Å². The normalized spacial score (nSPS) is 21.3. The van der Waals surface area contributed by atoms with E-state index in [4.69, 9.17) is 5.26 Å². The number of benzene rings is 1. The van der Waals surface area contributed by atoms with Crippen molar-refractivity contribution in [3.8, 4) is 6.07 Å². The lowest BCUT2D eigenvalue weighted by molar-refractivity contribution is -0.383. The summed E-state index contributed by atoms with van der Waals surface area (Å²) in [5.41, 5.74) is 0.0272. The molecule has 7 heteroatoms. The Labute approximate surface area is 122 Å². The first-order chi connectivity index (χ1) is 10.0. The molecule has 2 rings (SSSR count). The topological polar surface area (TPSA) is 108 Å². The van der Waals surface area contributed by atoms with Gasteiger partial charge < -0.3 is 10.6 Å². The fourth-order valence-electron chi connectivity index (χ4n) is 2.39. The van der Waals surface area contributed by atoms with Gasteiger partial charge in [0.15, 0.2) is 0 Å². The van der Waals surface area contributed by atoms with E-state index in [2.05, 4.69) is 17.6 Å². The minimum Gasteiger partial charge on any atom is -0.319 e. The molecule has 0 aromatic heterocycles. The van der Waals surface area contributed by atoms with Gasteiger partial charge in [0, 0.05) is 6.07 Å². The quantitative estimate of drug-likeness (QED) is 0.651. The molecular weight excluding hydrogens is 272 g/mol. The van der Waals surface area contributed by atoms with Gasteiger partial charge in [0.25, 0.3) is 5.69 Å². The van der Waals surface area contributed by atoms with Crippen LogP contribution in [0.4, 0.5) is 11.4 Å². The van der Waals surface area contributed by atoms with E-state index in [9.17, 15) is 14.9 Å². The average molecular weight is 288 g/mol. The van der Waals surface area contributed by atoms with Crippen molar-refractivity contribution in [2.24, 2.45) is 5.92 Å². The van der Waals surface area contributed by atoms with Gasteiger partial charge in [-0.1, -0.05) is 6.92 Å². The van der Waals surface area contributed by atoms with Crippen LogP contribution in [0.3, 0.4) is 0 Å². The van der Waals surface area contributed by atoms with Crippen molar-refractivity contribution in [1.82, 2.24) is 5.32 Å². The highest BCUT2D eigenvalue weighted by molar-refractivity contribution is 5.96. The lowest BCUT2D eigenvalue weighted by Gasteiger charge is -2.27. The number of piperidine rings is 1. The van der Waals surface area contributed by atoms with Crippen LogP contribution in [0.25, 0.3) is 0 Å². The van der Waals surface area contributed by atoms with E-state index >= 15 is 0 Å². The molecule has 1 aromatic carbocycles. The molecule has 7 nitrogen and oxygen atoms in total. The highest BCUT2D eigenvalue weighted by Crippen LogP contribution is 2.26. The number of nitrogens with zero attached hydrogens (tertiary/aromatic N) is 2. The number of amides is 1. The molecule has 1 amide bonds. The van der Waals surface area contributed by atoms with Crippen LogP contribution in [0.2, 0.25) is 0 Å². The molecule has 1 aliphatic heterocycles. The number of nitro groups is 1. The molecule has 0 spiro atoms. The maximum atomic E-state index is 12.2. The van der Waals surface area contributed by atoms with Gasteiger partial charge in [0.1, 0.15) is 5.69 Å². The number of rotatable bonds is 3. The Morgan fingerprint density at radius 1 is 1.57 bits per heavy atom. The molecule has 0 aliphatic carbocycles. The van der Waals surface area contributed by atoms with E-state index in [0.29, 0.717) is 12.3 Å². The summed E-state index contributed by atoms with van der Waals surface area (Å²) in [6.45, 7) is 2.83. The second-order valence-corrected chi connectivity index (χ2v) is 5.23. The number of nitro benzene ring substituents is 1. The number of carbonyl (C=O) groups is 1. The van der Waals surface area contributed by atoms with E-state index < -0.39 is 4.92 Å². The summed E-state index contributed by atoms with van der Waals surface area (Å²) >= 11 is 0. The smallest absolute Gasteiger partial charge is 0.294 e. The maximum absolute atomic E-state index is 12.2. The molecule has 0 radical (unpaired) electrons. The summed E-state index contributed by atoms with van der Waals surface area (Å²) in [5, 5.41) is 25.5. The van der Waals surface area contributed by atoms with Crippen molar-refractivity contribution in [3.63, 3.8) is 0 Å². The summed E-state index contributed by atoms with van der Waals surface area (Å²) in [6, 6.07) is 5.49. The molecule has 2 unspecified atom stereocenters. The van der Waals surface area contributed by atoms with Gasteiger partial charge in [-0.25, -0.2) is 0 Å². The highest BCUT2D eigenvalue weighted by atomic mass is 16.6. The van der Waals surface area contributed by atoms with Crippen molar-refractivity contribution in [1.29, 1.82) is 5.26 Å². The summed E-state index contributed by atoms with van der Waals surface area (Å²) < 4.78 is 0. The molecular formula is C14H16N4O3. The summed E-state index contributed by atoms with van der Waals surface area (Å²) in [6.07, 6.45) is 1.72. The zero-order valence-electron chi connectivity index (χ0n) is 11.6. The van der Waals surface area contributed by atoms with Gasteiger partial charge in [0.2, 0.25) is 5.91 Å². The summed E-state index contributed by atoms with van der Waals surface area (Å²) in [5.74, 6) is 0.160. The molecule has 1 aliphatic rings. The molecule has 0 bridgehead atoms. The molecule has 1 aromatic rings. The van der Waals surface area contributed by atoms with Gasteiger partial charge in [-0.3, -0.25) is 14.9 Å². The van der Waals surface area contributed by atoms with E-state index in [-0.39, 0.29) is 28.9 Å². The Bertz CT molecular complexity index is 609. The maximum Gasteiger partial charge on any atom is 0.294 e. The zero-order valence-corrected chi connectivity index (χ0v) is 11.6. The standard InChI is InChI=1S/C14H16N4O3/c1-9-4-5-16-12(6-9)14(19)17-11-3-2-10(8-15)7-13(11)18(20)21/h2-3,7,9,12,16H,4-6H2,1H3,(H,17,19). The minimum atomic E-state index is -0.604. The Kier molecular flexibility index (Phi) is 4.50. The fourth-order valence-corrected chi connectivity index (χ4v) is 2.39. The molecule has 0 saturated carbocycles. The number of hydrogen-bond acceptors (Lipinski definition) is 5. The highest BCUT2D eigenvalue weighted by Gasteiger charge is 2.26. The lowest BCUT2D eigenvalue weighted by atomic mass is 9.94. The van der Waals surface area contributed by atoms with Crippen molar-refractivity contribution in [3.05, 3.63) is 33.9 Å². The third kappa shape index (κ3) is 3.55. The van der Waals surface area contributed by atoms with Crippen molar-refractivity contribution in [2.75, 3.05) is 11.9 Å². The number of carbonyl (C=O) groups excluding carboxylic acids is 1. The number of anilines is 1. The first-order valence-electron chi connectivity index (χ1n) is 6.74. The first kappa shape index (κ1) is 14.9. The van der Waals surface area contributed by atoms with E-state index in [1.165, 1.54) is 12.1 Å². The van der Waals surface area contributed by atoms with Crippen molar-refractivity contribution >= 4 is 17.3 Å². The van der Waals surface area contributed by atoms with E-state index in [1.807, 2.05) is 6.07 Å². The van der Waals surface area contributed by atoms with E-state index in [1.54, 1.807) is 0 Å².